The minimum Gasteiger partial charge on any atom is -0.497 e. The third-order valence-electron chi connectivity index (χ3n) is 8.07. The molecule has 2 amide bonds. The minimum absolute atomic E-state index is 0.190. The summed E-state index contributed by atoms with van der Waals surface area (Å²) in [6, 6.07) is 19.3. The summed E-state index contributed by atoms with van der Waals surface area (Å²) in [5.74, 6) is 0.688. The summed E-state index contributed by atoms with van der Waals surface area (Å²) in [4.78, 5) is 28.6. The lowest BCUT2D eigenvalue weighted by atomic mass is 10.1. The molecule has 2 aliphatic rings. The molecule has 3 aromatic carbocycles. The molecule has 9 nitrogen and oxygen atoms in total. The quantitative estimate of drug-likeness (QED) is 0.383. The number of nitrogens with one attached hydrogen (secondary N) is 2. The van der Waals surface area contributed by atoms with Crippen LogP contribution in [0.1, 0.15) is 40.2 Å². The van der Waals surface area contributed by atoms with Crippen LogP contribution in [0, 0.1) is 6.92 Å². The molecular weight excluding hydrogens is 540 g/mol. The van der Waals surface area contributed by atoms with Crippen molar-refractivity contribution in [2.24, 2.45) is 0 Å². The number of hydrogen-bond donors (Lipinski definition) is 2. The molecule has 10 heteroatoms. The van der Waals surface area contributed by atoms with Crippen molar-refractivity contribution < 1.29 is 22.7 Å². The third kappa shape index (κ3) is 7.06. The number of piperazine rings is 1. The van der Waals surface area contributed by atoms with Gasteiger partial charge in [-0.25, -0.2) is 8.42 Å². The normalized spacial score (nSPS) is 20.0. The maximum Gasteiger partial charge on any atom is 0.251 e. The van der Waals surface area contributed by atoms with Crippen molar-refractivity contribution >= 4 is 32.6 Å². The Morgan fingerprint density at radius 3 is 2.34 bits per heavy atom. The van der Waals surface area contributed by atoms with Crippen LogP contribution >= 0.6 is 0 Å². The molecule has 0 radical (unpaired) electrons. The van der Waals surface area contributed by atoms with E-state index in [1.807, 2.05) is 30.3 Å². The van der Waals surface area contributed by atoms with Gasteiger partial charge < -0.3 is 20.3 Å². The van der Waals surface area contributed by atoms with Crippen LogP contribution < -0.4 is 15.4 Å². The van der Waals surface area contributed by atoms with Crippen LogP contribution in [-0.4, -0.2) is 87.6 Å². The van der Waals surface area contributed by atoms with E-state index in [1.165, 1.54) is 21.7 Å². The second-order valence-electron chi connectivity index (χ2n) is 11.0. The number of nitrogens with zero attached hydrogens (tertiary/aromatic N) is 2. The molecule has 0 aromatic heterocycles. The molecule has 0 bridgehead atoms. The summed E-state index contributed by atoms with van der Waals surface area (Å²) in [7, 11) is -1.70. The van der Waals surface area contributed by atoms with E-state index < -0.39 is 16.1 Å². The van der Waals surface area contributed by atoms with Gasteiger partial charge in [-0.05, 0) is 66.9 Å². The Morgan fingerprint density at radius 1 is 0.976 bits per heavy atom. The van der Waals surface area contributed by atoms with E-state index in [-0.39, 0.29) is 24.9 Å². The van der Waals surface area contributed by atoms with Gasteiger partial charge in [0.05, 0.1) is 13.4 Å². The Hall–Kier alpha value is -3.47. The Bertz CT molecular complexity index is 1520. The van der Waals surface area contributed by atoms with Crippen molar-refractivity contribution in [3.63, 3.8) is 0 Å². The molecule has 0 unspecified atom stereocenters. The number of sulfonamides is 1. The van der Waals surface area contributed by atoms with Crippen LogP contribution in [0.15, 0.2) is 60.7 Å². The predicted molar refractivity (Wildman–Crippen MR) is 160 cm³/mol. The van der Waals surface area contributed by atoms with E-state index in [4.69, 9.17) is 4.74 Å². The molecule has 5 rings (SSSR count). The molecular formula is C31H38N4O5S. The van der Waals surface area contributed by atoms with Crippen molar-refractivity contribution in [2.75, 3.05) is 46.1 Å². The van der Waals surface area contributed by atoms with Crippen molar-refractivity contribution in [3.8, 4) is 5.75 Å². The van der Waals surface area contributed by atoms with Gasteiger partial charge in [0.1, 0.15) is 11.8 Å². The molecule has 1 saturated heterocycles. The first-order chi connectivity index (χ1) is 19.6. The largest absolute Gasteiger partial charge is 0.497 e. The van der Waals surface area contributed by atoms with Gasteiger partial charge in [0.15, 0.2) is 0 Å². The molecule has 2 fully saturated rings. The van der Waals surface area contributed by atoms with Crippen molar-refractivity contribution in [1.82, 2.24) is 19.8 Å². The highest BCUT2D eigenvalue weighted by atomic mass is 32.2. The molecule has 1 heterocycles. The number of aryl methyl sites for hydroxylation is 1. The molecule has 0 spiro atoms. The monoisotopic (exact) mass is 578 g/mol. The molecule has 1 aliphatic carbocycles. The average Bonchev–Trinajstić information content (AvgIpc) is 3.75. The lowest BCUT2D eigenvalue weighted by molar-refractivity contribution is -0.134. The summed E-state index contributed by atoms with van der Waals surface area (Å²) in [6.07, 6.45) is 2.66. The Kier molecular flexibility index (Phi) is 8.63. The topological polar surface area (TPSA) is 108 Å². The highest BCUT2D eigenvalue weighted by Crippen LogP contribution is 2.40. The molecule has 1 saturated carbocycles. The highest BCUT2D eigenvalue weighted by molar-refractivity contribution is 7.88. The average molecular weight is 579 g/mol. The fourth-order valence-electron chi connectivity index (χ4n) is 5.47. The lowest BCUT2D eigenvalue weighted by Gasteiger charge is -2.35. The van der Waals surface area contributed by atoms with Crippen LogP contribution in [0.4, 0.5) is 0 Å². The number of carbonyl (C=O) groups is 2. The van der Waals surface area contributed by atoms with Crippen LogP contribution in [-0.2, 0) is 14.8 Å². The molecule has 2 N–H and O–H groups in total. The van der Waals surface area contributed by atoms with Gasteiger partial charge >= 0.3 is 0 Å². The van der Waals surface area contributed by atoms with Crippen LogP contribution in [0.5, 0.6) is 5.75 Å². The zero-order valence-corrected chi connectivity index (χ0v) is 24.6. The van der Waals surface area contributed by atoms with E-state index in [0.29, 0.717) is 43.6 Å². The minimum atomic E-state index is -3.31. The Morgan fingerprint density at radius 2 is 1.66 bits per heavy atom. The van der Waals surface area contributed by atoms with Gasteiger partial charge in [-0.1, -0.05) is 42.0 Å². The maximum absolute atomic E-state index is 13.6. The second kappa shape index (κ2) is 12.2. The first-order valence-corrected chi connectivity index (χ1v) is 15.9. The highest BCUT2D eigenvalue weighted by Gasteiger charge is 2.38. The number of carbonyl (C=O) groups excluding carboxylic acids is 2. The number of methoxy groups -OCH3 is 1. The van der Waals surface area contributed by atoms with Gasteiger partial charge in [0, 0.05) is 43.7 Å². The number of hydrogen-bond acceptors (Lipinski definition) is 6. The molecule has 3 atom stereocenters. The number of ether oxygens (including phenoxy) is 1. The summed E-state index contributed by atoms with van der Waals surface area (Å²) >= 11 is 0. The summed E-state index contributed by atoms with van der Waals surface area (Å²) in [5.41, 5.74) is 3.02. The van der Waals surface area contributed by atoms with E-state index in [9.17, 15) is 18.0 Å². The van der Waals surface area contributed by atoms with Gasteiger partial charge in [0.25, 0.3) is 5.91 Å². The van der Waals surface area contributed by atoms with Crippen LogP contribution in [0.2, 0.25) is 0 Å². The fraction of sp³-hybridized carbons (Fsp3) is 0.419. The number of rotatable bonds is 10. The van der Waals surface area contributed by atoms with Gasteiger partial charge in [0.2, 0.25) is 15.9 Å². The van der Waals surface area contributed by atoms with Crippen LogP contribution in [0.3, 0.4) is 0 Å². The van der Waals surface area contributed by atoms with Crippen molar-refractivity contribution in [1.29, 1.82) is 0 Å². The smallest absolute Gasteiger partial charge is 0.251 e. The number of benzene rings is 3. The molecule has 41 heavy (non-hydrogen) atoms. The summed E-state index contributed by atoms with van der Waals surface area (Å²) < 4.78 is 30.5. The first-order valence-electron chi connectivity index (χ1n) is 14.0. The summed E-state index contributed by atoms with van der Waals surface area (Å²) in [6.45, 7) is 3.73. The third-order valence-corrected chi connectivity index (χ3v) is 9.37. The molecule has 1 aliphatic heterocycles. The van der Waals surface area contributed by atoms with E-state index in [1.54, 1.807) is 18.1 Å². The predicted octanol–water partition coefficient (Wildman–Crippen LogP) is 2.89. The maximum atomic E-state index is 13.6. The lowest BCUT2D eigenvalue weighted by Crippen LogP contribution is -2.56. The van der Waals surface area contributed by atoms with E-state index >= 15 is 0 Å². The summed E-state index contributed by atoms with van der Waals surface area (Å²) in [5, 5.41) is 8.39. The fourth-order valence-corrected chi connectivity index (χ4v) is 6.29. The van der Waals surface area contributed by atoms with Crippen molar-refractivity contribution in [3.05, 3.63) is 77.4 Å². The zero-order chi connectivity index (χ0) is 29.1. The van der Waals surface area contributed by atoms with Crippen molar-refractivity contribution in [2.45, 2.75) is 37.8 Å². The second-order valence-corrected chi connectivity index (χ2v) is 13.0. The molecule has 3 aromatic rings. The van der Waals surface area contributed by atoms with E-state index in [0.717, 1.165) is 22.9 Å². The first kappa shape index (κ1) is 29.0. The SMILES string of the molecule is COc1ccc2cc(C(=O)N[C@@H](CCN[C@H]3C[C@@H]3c3ccc(C)cc3)C(=O)N3CCN(S(C)(=O)=O)CC3)ccc2c1. The number of fused-ring (bicyclic) bond motifs is 1. The Labute approximate surface area is 241 Å². The zero-order valence-electron chi connectivity index (χ0n) is 23.8. The van der Waals surface area contributed by atoms with Gasteiger partial charge in [-0.2, -0.15) is 4.31 Å². The van der Waals surface area contributed by atoms with Gasteiger partial charge in [-0.15, -0.1) is 0 Å². The molecule has 218 valence electrons. The van der Waals surface area contributed by atoms with Gasteiger partial charge in [-0.3, -0.25) is 9.59 Å². The standard InChI is InChI=1S/C31H38N4O5S/c1-21-4-6-22(7-5-21)27-20-29(27)32-13-12-28(31(37)34-14-16-35(17-15-34)41(3,38)39)33-30(36)25-9-8-24-19-26(40-2)11-10-23(24)18-25/h4-11,18-19,27-29,32H,12-17,20H2,1-3H3,(H,33,36)/t27-,28+,29+/m1/s1. The number of amides is 2. The Balaban J connectivity index is 1.25. The van der Waals surface area contributed by atoms with Crippen LogP contribution in [0.25, 0.3) is 10.8 Å². The van der Waals surface area contributed by atoms with E-state index in [2.05, 4.69) is 41.8 Å².